The summed E-state index contributed by atoms with van der Waals surface area (Å²) < 4.78 is 9.20. The van der Waals surface area contributed by atoms with E-state index in [2.05, 4.69) is 26.5 Å². The Bertz CT molecular complexity index is 150. The molecule has 0 saturated heterocycles. The third-order valence-corrected chi connectivity index (χ3v) is 0.867. The van der Waals surface area contributed by atoms with Gasteiger partial charge in [-0.15, -0.1) is 0 Å². The second-order valence-corrected chi connectivity index (χ2v) is 1.49. The first-order valence-corrected chi connectivity index (χ1v) is 2.56. The molecule has 0 aliphatic heterocycles. The number of nitrogens with zero attached hydrogens (tertiary/aromatic N) is 2. The molecule has 1 rings (SSSR count). The summed E-state index contributed by atoms with van der Waals surface area (Å²) in [7, 11) is 3.20. The molecule has 9 heavy (non-hydrogen) atoms. The second kappa shape index (κ2) is 3.19. The smallest absolute Gasteiger partial charge is 0.228 e. The normalized spacial score (nSPS) is 9.89. The lowest BCUT2D eigenvalue weighted by molar-refractivity contribution is 0.231. The molecule has 0 aromatic carbocycles. The van der Waals surface area contributed by atoms with Crippen LogP contribution in [-0.2, 0) is 11.2 Å². The number of aromatic nitrogens is 2. The molecule has 0 spiro atoms. The first kappa shape index (κ1) is 6.22. The van der Waals surface area contributed by atoms with E-state index in [1.165, 1.54) is 6.33 Å². The van der Waals surface area contributed by atoms with E-state index in [1.54, 1.807) is 0 Å². The highest BCUT2D eigenvalue weighted by molar-refractivity contribution is 4.72. The topological polar surface area (TPSA) is 48.2 Å². The highest BCUT2D eigenvalue weighted by Gasteiger charge is 1.95. The van der Waals surface area contributed by atoms with Gasteiger partial charge in [0.1, 0.15) is 0 Å². The van der Waals surface area contributed by atoms with Gasteiger partial charge in [0.2, 0.25) is 5.89 Å². The van der Waals surface area contributed by atoms with Crippen LogP contribution in [0.3, 0.4) is 0 Å². The van der Waals surface area contributed by atoms with Crippen molar-refractivity contribution in [1.82, 2.24) is 10.1 Å². The molecule has 0 bridgehead atoms. The van der Waals surface area contributed by atoms with Crippen molar-refractivity contribution in [2.45, 2.75) is 6.42 Å². The van der Waals surface area contributed by atoms with Gasteiger partial charge in [0.25, 0.3) is 0 Å². The molecule has 0 aliphatic rings. The molecular weight excluding hydrogens is 120 g/mol. The van der Waals surface area contributed by atoms with Gasteiger partial charge in [-0.05, 0) is 0 Å². The van der Waals surface area contributed by atoms with E-state index in [4.69, 9.17) is 0 Å². The van der Waals surface area contributed by atoms with Crippen molar-refractivity contribution in [1.29, 1.82) is 0 Å². The van der Waals surface area contributed by atoms with Crippen LogP contribution < -0.4 is 0 Å². The molecule has 1 heterocycles. The SMILES string of the molecule is [CH2]OCCc1ncno1. The van der Waals surface area contributed by atoms with Gasteiger partial charge in [-0.25, -0.2) is 0 Å². The second-order valence-electron chi connectivity index (χ2n) is 1.49. The minimum atomic E-state index is 0.516. The van der Waals surface area contributed by atoms with Crippen molar-refractivity contribution in [3.8, 4) is 0 Å². The van der Waals surface area contributed by atoms with Crippen LogP contribution in [0.5, 0.6) is 0 Å². The number of hydrogen-bond acceptors (Lipinski definition) is 4. The molecule has 49 valence electrons. The summed E-state index contributed by atoms with van der Waals surface area (Å²) in [5, 5.41) is 3.41. The maximum absolute atomic E-state index is 4.67. The van der Waals surface area contributed by atoms with E-state index in [9.17, 15) is 0 Å². The lowest BCUT2D eigenvalue weighted by Gasteiger charge is -1.89. The average molecular weight is 127 g/mol. The molecule has 1 aromatic heterocycles. The largest absolute Gasteiger partial charge is 0.379 e. The summed E-state index contributed by atoms with van der Waals surface area (Å²) in [6.45, 7) is 0.516. The van der Waals surface area contributed by atoms with Crippen LogP contribution in [0.4, 0.5) is 0 Å². The molecule has 0 N–H and O–H groups in total. The molecule has 4 heteroatoms. The summed E-state index contributed by atoms with van der Waals surface area (Å²) in [6.07, 6.45) is 1.99. The van der Waals surface area contributed by atoms with Crippen LogP contribution in [-0.4, -0.2) is 16.7 Å². The monoisotopic (exact) mass is 127 g/mol. The number of rotatable bonds is 3. The van der Waals surface area contributed by atoms with E-state index in [1.807, 2.05) is 0 Å². The van der Waals surface area contributed by atoms with Gasteiger partial charge in [0, 0.05) is 0 Å². The van der Waals surface area contributed by atoms with Crippen LogP contribution in [0, 0.1) is 7.11 Å². The molecule has 0 amide bonds. The predicted molar refractivity (Wildman–Crippen MR) is 29.3 cm³/mol. The lowest BCUT2D eigenvalue weighted by Crippen LogP contribution is -1.92. The Morgan fingerprint density at radius 2 is 2.67 bits per heavy atom. The fraction of sp³-hybridized carbons (Fsp3) is 0.400. The zero-order valence-electron chi connectivity index (χ0n) is 4.91. The molecule has 0 atom stereocenters. The first-order valence-electron chi connectivity index (χ1n) is 2.56. The fourth-order valence-corrected chi connectivity index (χ4v) is 0.466. The zero-order valence-corrected chi connectivity index (χ0v) is 4.91. The molecule has 1 aromatic rings. The lowest BCUT2D eigenvalue weighted by atomic mass is 10.5. The number of hydrogen-bond donors (Lipinski definition) is 0. The standard InChI is InChI=1S/C5H7N2O2/c1-8-3-2-5-6-4-7-9-5/h4H,1-3H2. The van der Waals surface area contributed by atoms with E-state index >= 15 is 0 Å². The Morgan fingerprint density at radius 3 is 3.22 bits per heavy atom. The van der Waals surface area contributed by atoms with Crippen molar-refractivity contribution < 1.29 is 9.26 Å². The Hall–Kier alpha value is -0.900. The summed E-state index contributed by atoms with van der Waals surface area (Å²) >= 11 is 0. The van der Waals surface area contributed by atoms with Crippen molar-refractivity contribution in [3.05, 3.63) is 19.3 Å². The van der Waals surface area contributed by atoms with Gasteiger partial charge >= 0.3 is 0 Å². The summed E-state index contributed by atoms with van der Waals surface area (Å²) in [5.41, 5.74) is 0. The quantitative estimate of drug-likeness (QED) is 0.590. The van der Waals surface area contributed by atoms with Crippen LogP contribution in [0.1, 0.15) is 5.89 Å². The van der Waals surface area contributed by atoms with E-state index in [0.29, 0.717) is 18.9 Å². The molecule has 0 aliphatic carbocycles. The Balaban J connectivity index is 2.30. The highest BCUT2D eigenvalue weighted by atomic mass is 16.5. The van der Waals surface area contributed by atoms with E-state index in [0.717, 1.165) is 0 Å². The molecule has 0 fully saturated rings. The van der Waals surface area contributed by atoms with Crippen molar-refractivity contribution >= 4 is 0 Å². The molecule has 0 saturated carbocycles. The van der Waals surface area contributed by atoms with Gasteiger partial charge in [-0.2, -0.15) is 4.98 Å². The molecule has 4 nitrogen and oxygen atoms in total. The van der Waals surface area contributed by atoms with Crippen molar-refractivity contribution in [3.63, 3.8) is 0 Å². The van der Waals surface area contributed by atoms with Crippen LogP contribution in [0.15, 0.2) is 10.9 Å². The molecule has 1 radical (unpaired) electrons. The summed E-state index contributed by atoms with van der Waals surface area (Å²) in [4.78, 5) is 3.77. The Kier molecular flexibility index (Phi) is 2.21. The van der Waals surface area contributed by atoms with Gasteiger partial charge < -0.3 is 9.26 Å². The maximum atomic E-state index is 4.67. The zero-order chi connectivity index (χ0) is 6.53. The first-order chi connectivity index (χ1) is 4.43. The fourth-order valence-electron chi connectivity index (χ4n) is 0.466. The third kappa shape index (κ3) is 1.81. The van der Waals surface area contributed by atoms with Gasteiger partial charge in [-0.3, -0.25) is 0 Å². The van der Waals surface area contributed by atoms with E-state index in [-0.39, 0.29) is 0 Å². The molecule has 0 unspecified atom stereocenters. The van der Waals surface area contributed by atoms with Crippen LogP contribution in [0.2, 0.25) is 0 Å². The van der Waals surface area contributed by atoms with Crippen molar-refractivity contribution in [2.24, 2.45) is 0 Å². The summed E-state index contributed by atoms with van der Waals surface area (Å²) in [6, 6.07) is 0. The predicted octanol–water partition coefficient (Wildman–Crippen LogP) is 0.420. The Labute approximate surface area is 52.8 Å². The van der Waals surface area contributed by atoms with E-state index < -0.39 is 0 Å². The van der Waals surface area contributed by atoms with Gasteiger partial charge in [-0.1, -0.05) is 5.16 Å². The van der Waals surface area contributed by atoms with Gasteiger partial charge in [0.05, 0.1) is 20.1 Å². The summed E-state index contributed by atoms with van der Waals surface area (Å²) in [5.74, 6) is 0.582. The minimum absolute atomic E-state index is 0.516. The maximum Gasteiger partial charge on any atom is 0.228 e. The van der Waals surface area contributed by atoms with Crippen molar-refractivity contribution in [2.75, 3.05) is 6.61 Å². The van der Waals surface area contributed by atoms with Crippen LogP contribution >= 0.6 is 0 Å². The Morgan fingerprint density at radius 1 is 1.78 bits per heavy atom. The third-order valence-electron chi connectivity index (χ3n) is 0.867. The van der Waals surface area contributed by atoms with Crippen LogP contribution in [0.25, 0.3) is 0 Å². The molecular formula is C5H7N2O2. The highest BCUT2D eigenvalue weighted by Crippen LogP contribution is 1.91. The number of ether oxygens (including phenoxy) is 1. The van der Waals surface area contributed by atoms with Gasteiger partial charge in [0.15, 0.2) is 6.33 Å². The minimum Gasteiger partial charge on any atom is -0.379 e. The average Bonchev–Trinajstić information content (AvgIpc) is 2.34.